The van der Waals surface area contributed by atoms with E-state index in [1.165, 1.54) is 36.9 Å². The van der Waals surface area contributed by atoms with Crippen LogP contribution in [0.1, 0.15) is 16.7 Å². The first-order valence-corrected chi connectivity index (χ1v) is 19.8. The summed E-state index contributed by atoms with van der Waals surface area (Å²) in [7, 11) is 0. The molecule has 270 valence electrons. The van der Waals surface area contributed by atoms with Crippen LogP contribution in [0.2, 0.25) is 0 Å². The minimum atomic E-state index is 0.348. The third kappa shape index (κ3) is 5.69. The van der Waals surface area contributed by atoms with E-state index in [1.807, 2.05) is 78.1 Å². The highest BCUT2D eigenvalue weighted by Crippen LogP contribution is 2.46. The zero-order valence-electron chi connectivity index (χ0n) is 30.6. The van der Waals surface area contributed by atoms with Gasteiger partial charge in [-0.2, -0.15) is 0 Å². The van der Waals surface area contributed by atoms with Crippen molar-refractivity contribution in [3.63, 3.8) is 0 Å². The average Bonchev–Trinajstić information content (AvgIpc) is 3.96. The number of nitrogens with zero attached hydrogens (tertiary/aromatic N) is 2. The number of amidine groups is 2. The number of fused-ring (bicyclic) bond motifs is 9. The first kappa shape index (κ1) is 33.1. The number of thiophene rings is 1. The molecule has 2 N–H and O–H groups in total. The van der Waals surface area contributed by atoms with Crippen molar-refractivity contribution in [2.45, 2.75) is 6.54 Å². The zero-order chi connectivity index (χ0) is 37.9. The van der Waals surface area contributed by atoms with Crippen molar-refractivity contribution in [2.75, 3.05) is 0 Å². The molecule has 0 aliphatic rings. The molecule has 0 unspecified atom stereocenters. The highest BCUT2D eigenvalue weighted by Gasteiger charge is 2.20. The first-order valence-electron chi connectivity index (χ1n) is 19.0. The Balaban J connectivity index is 1.09. The number of benzene rings is 8. The van der Waals surface area contributed by atoms with Gasteiger partial charge in [0.15, 0.2) is 5.84 Å². The van der Waals surface area contributed by atoms with Gasteiger partial charge in [-0.15, -0.1) is 11.3 Å². The quantitative estimate of drug-likeness (QED) is 0.136. The van der Waals surface area contributed by atoms with Gasteiger partial charge in [0, 0.05) is 52.8 Å². The Hall–Kier alpha value is -7.28. The molecular weight excluding hydrogens is 719 g/mol. The highest BCUT2D eigenvalue weighted by molar-refractivity contribution is 7.26. The predicted molar refractivity (Wildman–Crippen MR) is 239 cm³/mol. The molecule has 0 saturated heterocycles. The molecule has 6 heteroatoms. The van der Waals surface area contributed by atoms with Crippen LogP contribution in [0.4, 0.5) is 0 Å². The smallest absolute Gasteiger partial charge is 0.157 e. The summed E-state index contributed by atoms with van der Waals surface area (Å²) >= 11 is 1.83. The summed E-state index contributed by atoms with van der Waals surface area (Å²) in [6.07, 6.45) is 0. The SMILES string of the molecule is NC(=NC(=NCc1ccccc1)c1ccc2c(c1)oc1ccccc12)c1cccc2oc3ccc(-c4c(-c5ccccc5)ccc5sc6ccccc6c45)cc3c12. The van der Waals surface area contributed by atoms with Crippen molar-refractivity contribution in [3.8, 4) is 22.3 Å². The molecule has 11 rings (SSSR count). The van der Waals surface area contributed by atoms with E-state index in [0.717, 1.165) is 66.1 Å². The molecule has 3 aromatic heterocycles. The molecule has 0 bridgehead atoms. The van der Waals surface area contributed by atoms with Gasteiger partial charge < -0.3 is 14.6 Å². The van der Waals surface area contributed by atoms with Crippen LogP contribution in [0, 0.1) is 0 Å². The van der Waals surface area contributed by atoms with Crippen LogP contribution in [0.5, 0.6) is 0 Å². The molecule has 0 atom stereocenters. The number of furan rings is 2. The molecule has 0 amide bonds. The normalized spacial score (nSPS) is 12.6. The van der Waals surface area contributed by atoms with Gasteiger partial charge in [0.1, 0.15) is 28.2 Å². The van der Waals surface area contributed by atoms with E-state index in [2.05, 4.69) is 109 Å². The van der Waals surface area contributed by atoms with Gasteiger partial charge in [-0.25, -0.2) is 4.99 Å². The zero-order valence-corrected chi connectivity index (χ0v) is 31.5. The summed E-state index contributed by atoms with van der Waals surface area (Å²) in [4.78, 5) is 10.1. The summed E-state index contributed by atoms with van der Waals surface area (Å²) in [6, 6.07) is 60.7. The summed E-state index contributed by atoms with van der Waals surface area (Å²) in [5.74, 6) is 0.869. The van der Waals surface area contributed by atoms with E-state index in [-0.39, 0.29) is 0 Å². The summed E-state index contributed by atoms with van der Waals surface area (Å²) < 4.78 is 15.3. The van der Waals surface area contributed by atoms with E-state index in [4.69, 9.17) is 24.6 Å². The Morgan fingerprint density at radius 1 is 0.509 bits per heavy atom. The summed E-state index contributed by atoms with van der Waals surface area (Å²) in [6.45, 7) is 0.444. The maximum Gasteiger partial charge on any atom is 0.157 e. The van der Waals surface area contributed by atoms with Crippen LogP contribution in [-0.4, -0.2) is 11.7 Å². The molecule has 0 radical (unpaired) electrons. The molecule has 0 aliphatic heterocycles. The maximum atomic E-state index is 7.07. The van der Waals surface area contributed by atoms with Gasteiger partial charge >= 0.3 is 0 Å². The molecule has 57 heavy (non-hydrogen) atoms. The molecule has 3 heterocycles. The van der Waals surface area contributed by atoms with Crippen LogP contribution < -0.4 is 5.73 Å². The molecule has 0 aliphatic carbocycles. The fraction of sp³-hybridized carbons (Fsp3) is 0.0196. The lowest BCUT2D eigenvalue weighted by Crippen LogP contribution is -2.17. The molecular formula is C51H33N3O2S. The van der Waals surface area contributed by atoms with E-state index < -0.39 is 0 Å². The Labute approximate surface area is 331 Å². The predicted octanol–water partition coefficient (Wildman–Crippen LogP) is 13.5. The van der Waals surface area contributed by atoms with Crippen molar-refractivity contribution in [1.82, 2.24) is 0 Å². The molecule has 0 spiro atoms. The van der Waals surface area contributed by atoms with Gasteiger partial charge in [0.05, 0.1) is 6.54 Å². The number of nitrogens with two attached hydrogens (primary N) is 1. The van der Waals surface area contributed by atoms with Crippen molar-refractivity contribution in [1.29, 1.82) is 0 Å². The van der Waals surface area contributed by atoms with Crippen LogP contribution in [0.25, 0.3) is 86.3 Å². The third-order valence-electron chi connectivity index (χ3n) is 10.8. The minimum absolute atomic E-state index is 0.348. The lowest BCUT2D eigenvalue weighted by molar-refractivity contribution is 0.668. The number of rotatable bonds is 6. The topological polar surface area (TPSA) is 77.0 Å². The Morgan fingerprint density at radius 3 is 2.11 bits per heavy atom. The molecule has 11 aromatic rings. The summed E-state index contributed by atoms with van der Waals surface area (Å²) in [5, 5.41) is 6.50. The standard InChI is InChI=1S/C51H33N3O2S/c52-50(54-51(53-30-31-12-3-1-4-13-31)34-22-24-37-36-16-7-9-19-41(36)56-44(37)29-34)39-18-11-20-43-48(39)40-28-33(23-26-42(40)55-43)47-35(32-14-5-2-6-15-32)25-27-46-49(47)38-17-8-10-21-45(38)57-46/h1-29H,30H2,(H2,52,53,54). The number of aliphatic imine (C=N–C) groups is 2. The Morgan fingerprint density at radius 2 is 1.23 bits per heavy atom. The van der Waals surface area contributed by atoms with E-state index in [0.29, 0.717) is 18.2 Å². The van der Waals surface area contributed by atoms with Crippen LogP contribution in [0.3, 0.4) is 0 Å². The lowest BCUT2D eigenvalue weighted by Gasteiger charge is -2.13. The molecule has 8 aromatic carbocycles. The van der Waals surface area contributed by atoms with Crippen LogP contribution in [0.15, 0.2) is 195 Å². The van der Waals surface area contributed by atoms with Crippen molar-refractivity contribution >= 4 is 87.1 Å². The van der Waals surface area contributed by atoms with E-state index in [1.54, 1.807) is 0 Å². The minimum Gasteiger partial charge on any atom is -0.456 e. The fourth-order valence-corrected chi connectivity index (χ4v) is 9.26. The van der Waals surface area contributed by atoms with Gasteiger partial charge in [0.2, 0.25) is 0 Å². The van der Waals surface area contributed by atoms with Gasteiger partial charge in [-0.3, -0.25) is 4.99 Å². The highest BCUT2D eigenvalue weighted by atomic mass is 32.1. The Kier molecular flexibility index (Phi) is 7.83. The molecule has 0 fully saturated rings. The number of hydrogen-bond donors (Lipinski definition) is 1. The number of hydrogen-bond acceptors (Lipinski definition) is 4. The molecule has 5 nitrogen and oxygen atoms in total. The molecule has 0 saturated carbocycles. The maximum absolute atomic E-state index is 7.07. The second-order valence-electron chi connectivity index (χ2n) is 14.2. The third-order valence-corrected chi connectivity index (χ3v) is 11.9. The van der Waals surface area contributed by atoms with Crippen LogP contribution >= 0.6 is 11.3 Å². The second-order valence-corrected chi connectivity index (χ2v) is 15.3. The van der Waals surface area contributed by atoms with Crippen molar-refractivity contribution < 1.29 is 8.83 Å². The first-order chi connectivity index (χ1) is 28.2. The second kappa shape index (κ2) is 13.5. The lowest BCUT2D eigenvalue weighted by atomic mass is 9.90. The van der Waals surface area contributed by atoms with E-state index in [9.17, 15) is 0 Å². The largest absolute Gasteiger partial charge is 0.456 e. The van der Waals surface area contributed by atoms with Gasteiger partial charge in [0.25, 0.3) is 0 Å². The van der Waals surface area contributed by atoms with Gasteiger partial charge in [-0.1, -0.05) is 127 Å². The summed E-state index contributed by atoms with van der Waals surface area (Å²) in [5.41, 5.74) is 17.5. The fourth-order valence-electron chi connectivity index (χ4n) is 8.15. The Bertz CT molecular complexity index is 3390. The van der Waals surface area contributed by atoms with E-state index >= 15 is 0 Å². The van der Waals surface area contributed by atoms with Crippen molar-refractivity contribution in [3.05, 3.63) is 193 Å². The van der Waals surface area contributed by atoms with Gasteiger partial charge in [-0.05, 0) is 76.3 Å². The van der Waals surface area contributed by atoms with Crippen molar-refractivity contribution in [2.24, 2.45) is 15.7 Å². The average molecular weight is 752 g/mol. The number of para-hydroxylation sites is 1. The monoisotopic (exact) mass is 751 g/mol. The van der Waals surface area contributed by atoms with Crippen LogP contribution in [-0.2, 0) is 6.54 Å².